The Balaban J connectivity index is 0.00000307. The number of carbonyl (C=O) groups is 4. The second kappa shape index (κ2) is 19.3. The van der Waals surface area contributed by atoms with Crippen LogP contribution in [0, 0.1) is 13.8 Å². The van der Waals surface area contributed by atoms with E-state index in [1.54, 1.807) is 24.5 Å². The van der Waals surface area contributed by atoms with Crippen molar-refractivity contribution >= 4 is 57.7 Å². The average Bonchev–Trinajstić information content (AvgIpc) is 3.99. The Morgan fingerprint density at radius 2 is 1.48 bits per heavy atom. The van der Waals surface area contributed by atoms with Crippen molar-refractivity contribution < 1.29 is 38.2 Å². The summed E-state index contributed by atoms with van der Waals surface area (Å²) in [7, 11) is 0. The molecule has 1 aliphatic heterocycles. The molecular formula is C41H50N12O8. The Labute approximate surface area is 350 Å². The first kappa shape index (κ1) is 43.5. The van der Waals surface area contributed by atoms with Crippen molar-refractivity contribution in [1.82, 2.24) is 39.3 Å². The SMILES string of the molecule is CC.CCc1nc(C)oc1C(=O)Nc1nc2cc(CNN)cc3c2n1C/C=C/Cn1c(NC(=O)c2cc(C)nn2CCCC(=O)O)nc2cc(C(N)=O)cc(c21)OCCCO3. The van der Waals surface area contributed by atoms with Crippen molar-refractivity contribution in [1.29, 1.82) is 0 Å². The van der Waals surface area contributed by atoms with E-state index in [4.69, 9.17) is 40.5 Å². The molecule has 2 aromatic carbocycles. The first-order chi connectivity index (χ1) is 29.4. The number of amides is 3. The predicted octanol–water partition coefficient (Wildman–Crippen LogP) is 4.63. The number of hydrogen-bond donors (Lipinski definition) is 6. The fourth-order valence-corrected chi connectivity index (χ4v) is 6.92. The lowest BCUT2D eigenvalue weighted by molar-refractivity contribution is -0.137. The van der Waals surface area contributed by atoms with Crippen LogP contribution in [0.25, 0.3) is 22.1 Å². The topological polar surface area (TPSA) is 275 Å². The first-order valence-corrected chi connectivity index (χ1v) is 20.0. The van der Waals surface area contributed by atoms with Crippen LogP contribution < -0.4 is 37.1 Å². The van der Waals surface area contributed by atoms with E-state index in [1.165, 1.54) is 16.8 Å². The van der Waals surface area contributed by atoms with E-state index in [1.807, 2.05) is 49.6 Å². The van der Waals surface area contributed by atoms with E-state index in [0.717, 1.165) is 5.56 Å². The number of nitrogens with one attached hydrogen (secondary N) is 3. The summed E-state index contributed by atoms with van der Waals surface area (Å²) in [5.74, 6) is 4.66. The first-order valence-electron chi connectivity index (χ1n) is 20.0. The number of nitrogens with zero attached hydrogens (tertiary/aromatic N) is 7. The Hall–Kier alpha value is -7.06. The molecule has 6 aromatic rings. The zero-order chi connectivity index (χ0) is 43.8. The molecule has 7 rings (SSSR count). The zero-order valence-electron chi connectivity index (χ0n) is 34.7. The molecule has 0 spiro atoms. The normalized spacial score (nSPS) is 13.3. The number of benzene rings is 2. The number of hydrogen-bond acceptors (Lipinski definition) is 13. The second-order valence-electron chi connectivity index (χ2n) is 13.8. The Bertz CT molecular complexity index is 2620. The number of carboxylic acids is 1. The molecule has 3 amide bonds. The highest BCUT2D eigenvalue weighted by Crippen LogP contribution is 2.34. The molecule has 20 heteroatoms. The van der Waals surface area contributed by atoms with Crippen molar-refractivity contribution in [3.8, 4) is 11.5 Å². The van der Waals surface area contributed by atoms with Crippen LogP contribution in [0.3, 0.4) is 0 Å². The van der Waals surface area contributed by atoms with Crippen molar-refractivity contribution in [2.45, 2.75) is 86.5 Å². The van der Waals surface area contributed by atoms with Gasteiger partial charge in [0.15, 0.2) is 5.89 Å². The molecule has 0 bridgehead atoms. The number of aromatic nitrogens is 7. The lowest BCUT2D eigenvalue weighted by atomic mass is 10.1. The van der Waals surface area contributed by atoms with Crippen LogP contribution in [0.2, 0.25) is 0 Å². The van der Waals surface area contributed by atoms with Gasteiger partial charge in [0.1, 0.15) is 28.2 Å². The number of allylic oxidation sites excluding steroid dienone is 2. The Morgan fingerprint density at radius 3 is 2.08 bits per heavy atom. The monoisotopic (exact) mass is 838 g/mol. The fourth-order valence-electron chi connectivity index (χ4n) is 6.92. The van der Waals surface area contributed by atoms with E-state index in [0.29, 0.717) is 70.2 Å². The van der Waals surface area contributed by atoms with Gasteiger partial charge in [0.05, 0.1) is 35.6 Å². The standard InChI is InChI=1S/C39H44N12O8.C2H6/c1-4-25-34(59-22(3)43-25)37(56)47-39-44-26-16-23(20-42-41)17-29-32(26)49(39)10-5-6-11-50-33-27(18-24(35(40)54)19-30(33)58-14-8-13-57-29)45-38(50)46-36(55)28-15-21(2)48-51(28)12-7-9-31(52)53;1-2/h5-6,15-19,42H,4,7-14,20,41H2,1-3H3,(H2,40,54)(H,52,53)(H,44,47,56)(H,45,46,55);1-2H3/b6-5+;. The van der Waals surface area contributed by atoms with Gasteiger partial charge in [-0.25, -0.2) is 15.0 Å². The molecule has 4 aromatic heterocycles. The van der Waals surface area contributed by atoms with Crippen LogP contribution in [-0.4, -0.2) is 75.9 Å². The number of nitrogens with two attached hydrogens (primary N) is 2. The van der Waals surface area contributed by atoms with Crippen LogP contribution >= 0.6 is 0 Å². The molecule has 0 saturated carbocycles. The van der Waals surface area contributed by atoms with Crippen LogP contribution in [0.15, 0.2) is 46.9 Å². The second-order valence-corrected chi connectivity index (χ2v) is 13.8. The van der Waals surface area contributed by atoms with Crippen molar-refractivity contribution in [3.63, 3.8) is 0 Å². The van der Waals surface area contributed by atoms with Gasteiger partial charge in [-0.3, -0.25) is 45.8 Å². The number of imidazole rings is 2. The van der Waals surface area contributed by atoms with Gasteiger partial charge in [-0.2, -0.15) is 5.10 Å². The van der Waals surface area contributed by atoms with Crippen molar-refractivity contribution in [2.24, 2.45) is 11.6 Å². The number of aryl methyl sites for hydroxylation is 4. The summed E-state index contributed by atoms with van der Waals surface area (Å²) in [4.78, 5) is 64.9. The Kier molecular flexibility index (Phi) is 13.8. The number of anilines is 2. The number of ether oxygens (including phenoxy) is 2. The van der Waals surface area contributed by atoms with Crippen molar-refractivity contribution in [2.75, 3.05) is 23.8 Å². The van der Waals surface area contributed by atoms with Gasteiger partial charge in [-0.05, 0) is 55.7 Å². The number of primary amides is 1. The van der Waals surface area contributed by atoms with E-state index in [-0.39, 0.29) is 74.6 Å². The maximum Gasteiger partial charge on any atom is 0.303 e. The highest BCUT2D eigenvalue weighted by molar-refractivity contribution is 6.05. The minimum Gasteiger partial charge on any atom is -0.491 e. The summed E-state index contributed by atoms with van der Waals surface area (Å²) in [6.07, 6.45) is 4.80. The largest absolute Gasteiger partial charge is 0.491 e. The van der Waals surface area contributed by atoms with E-state index in [9.17, 15) is 19.2 Å². The molecule has 0 aliphatic carbocycles. The van der Waals surface area contributed by atoms with E-state index in [2.05, 4.69) is 26.1 Å². The summed E-state index contributed by atoms with van der Waals surface area (Å²) < 4.78 is 23.3. The molecule has 1 aliphatic rings. The van der Waals surface area contributed by atoms with E-state index < -0.39 is 23.7 Å². The number of oxazole rings is 1. The summed E-state index contributed by atoms with van der Waals surface area (Å²) in [5.41, 5.74) is 12.6. The molecule has 20 nitrogen and oxygen atoms in total. The maximum atomic E-state index is 13.9. The minimum atomic E-state index is -0.951. The number of carboxylic acid groups (broad SMARTS) is 1. The van der Waals surface area contributed by atoms with Gasteiger partial charge in [0, 0.05) is 51.5 Å². The number of carbonyl (C=O) groups excluding carboxylic acids is 3. The summed E-state index contributed by atoms with van der Waals surface area (Å²) in [6, 6.07) is 8.38. The minimum absolute atomic E-state index is 0.0863. The molecule has 61 heavy (non-hydrogen) atoms. The van der Waals surface area contributed by atoms with Crippen LogP contribution in [0.5, 0.6) is 11.5 Å². The molecule has 0 unspecified atom stereocenters. The van der Waals surface area contributed by atoms with Gasteiger partial charge in [0.2, 0.25) is 23.6 Å². The van der Waals surface area contributed by atoms with Gasteiger partial charge < -0.3 is 33.9 Å². The van der Waals surface area contributed by atoms with Gasteiger partial charge in [0.25, 0.3) is 11.8 Å². The summed E-state index contributed by atoms with van der Waals surface area (Å²) in [5, 5.41) is 19.3. The predicted molar refractivity (Wildman–Crippen MR) is 225 cm³/mol. The molecule has 0 radical (unpaired) electrons. The maximum absolute atomic E-state index is 13.9. The van der Waals surface area contributed by atoms with Crippen LogP contribution in [0.4, 0.5) is 11.9 Å². The van der Waals surface area contributed by atoms with Crippen molar-refractivity contribution in [3.05, 3.63) is 82.3 Å². The zero-order valence-corrected chi connectivity index (χ0v) is 34.7. The van der Waals surface area contributed by atoms with Gasteiger partial charge >= 0.3 is 5.97 Å². The number of rotatable bonds is 12. The third-order valence-corrected chi connectivity index (χ3v) is 9.50. The highest BCUT2D eigenvalue weighted by Gasteiger charge is 2.25. The molecule has 0 fully saturated rings. The molecule has 0 atom stereocenters. The Morgan fingerprint density at radius 1 is 0.852 bits per heavy atom. The smallest absolute Gasteiger partial charge is 0.303 e. The molecule has 322 valence electrons. The quantitative estimate of drug-likeness (QED) is 0.0558. The third kappa shape index (κ3) is 9.71. The molecule has 0 saturated heterocycles. The molecule has 8 N–H and O–H groups in total. The average molecular weight is 839 g/mol. The van der Waals surface area contributed by atoms with Gasteiger partial charge in [-0.1, -0.05) is 32.9 Å². The lowest BCUT2D eigenvalue weighted by Crippen LogP contribution is -2.20. The highest BCUT2D eigenvalue weighted by atomic mass is 16.5. The summed E-state index contributed by atoms with van der Waals surface area (Å²) in [6.45, 7) is 10.6. The third-order valence-electron chi connectivity index (χ3n) is 9.50. The molecule has 5 heterocycles. The number of hydrazine groups is 1. The number of aliphatic carboxylic acids is 1. The van der Waals surface area contributed by atoms with Crippen LogP contribution in [0.1, 0.15) is 94.3 Å². The molecular weight excluding hydrogens is 789 g/mol. The lowest BCUT2D eigenvalue weighted by Gasteiger charge is -2.14. The van der Waals surface area contributed by atoms with Gasteiger partial charge in [-0.15, -0.1) is 0 Å². The van der Waals surface area contributed by atoms with Crippen LogP contribution in [-0.2, 0) is 37.4 Å². The fraction of sp³-hybridized carbons (Fsp3) is 0.366. The summed E-state index contributed by atoms with van der Waals surface area (Å²) >= 11 is 0. The van der Waals surface area contributed by atoms with E-state index >= 15 is 0 Å².